The second-order valence-corrected chi connectivity index (χ2v) is 21.2. The van der Waals surface area contributed by atoms with E-state index in [1.54, 1.807) is 5.20 Å². The van der Waals surface area contributed by atoms with Crippen LogP contribution < -0.4 is 20.7 Å². The van der Waals surface area contributed by atoms with E-state index in [-0.39, 0.29) is 0 Å². The van der Waals surface area contributed by atoms with Crippen molar-refractivity contribution in [1.29, 1.82) is 0 Å². The molecule has 0 saturated heterocycles. The van der Waals surface area contributed by atoms with Crippen LogP contribution in [0, 0.1) is 33.6 Å². The Balaban J connectivity index is 2.21. The summed E-state index contributed by atoms with van der Waals surface area (Å²) in [6, 6.07) is 24.6. The van der Waals surface area contributed by atoms with E-state index in [0.29, 0.717) is 5.92 Å². The van der Waals surface area contributed by atoms with Crippen molar-refractivity contribution in [2.75, 3.05) is 0 Å². The summed E-state index contributed by atoms with van der Waals surface area (Å²) in [5, 5.41) is 7.77. The van der Waals surface area contributed by atoms with Crippen molar-refractivity contribution in [1.82, 2.24) is 0 Å². The van der Waals surface area contributed by atoms with Crippen LogP contribution in [0.15, 0.2) is 82.6 Å². The summed E-state index contributed by atoms with van der Waals surface area (Å²) in [6.45, 7) is 25.9. The zero-order chi connectivity index (χ0) is 26.6. The van der Waals surface area contributed by atoms with Crippen molar-refractivity contribution in [3.8, 4) is 0 Å². The van der Waals surface area contributed by atoms with Gasteiger partial charge < -0.3 is 0 Å². The van der Waals surface area contributed by atoms with Crippen LogP contribution >= 0.6 is 0 Å². The molecule has 3 aromatic carbocycles. The van der Waals surface area contributed by atoms with E-state index in [4.69, 9.17) is 0 Å². The molecule has 0 N–H and O–H groups in total. The number of rotatable bonds is 5. The summed E-state index contributed by atoms with van der Waals surface area (Å²) >= 11 is 0. The summed E-state index contributed by atoms with van der Waals surface area (Å²) in [4.78, 5) is 0. The van der Waals surface area contributed by atoms with Gasteiger partial charge in [-0.05, 0) is 75.5 Å². The van der Waals surface area contributed by atoms with Gasteiger partial charge in [-0.25, -0.2) is 0 Å². The third kappa shape index (κ3) is 4.44. The number of hydrogen-bond acceptors (Lipinski definition) is 0. The van der Waals surface area contributed by atoms with Gasteiger partial charge in [-0.15, -0.1) is 0 Å². The molecule has 0 amide bonds. The first-order chi connectivity index (χ1) is 16.8. The first kappa shape index (κ1) is 26.6. The highest BCUT2D eigenvalue weighted by Gasteiger charge is 2.48. The van der Waals surface area contributed by atoms with Crippen LogP contribution in [0.2, 0.25) is 19.6 Å². The Kier molecular flexibility index (Phi) is 7.00. The Morgan fingerprint density at radius 2 is 0.889 bits per heavy atom. The Labute approximate surface area is 222 Å². The summed E-state index contributed by atoms with van der Waals surface area (Å²) < 4.78 is 0. The smallest absolute Gasteiger partial charge is 0.0656 e. The van der Waals surface area contributed by atoms with Crippen molar-refractivity contribution in [3.05, 3.63) is 105 Å². The highest BCUT2D eigenvalue weighted by Crippen LogP contribution is 2.41. The lowest BCUT2D eigenvalue weighted by Gasteiger charge is -2.39. The van der Waals surface area contributed by atoms with Crippen molar-refractivity contribution >= 4 is 36.9 Å². The molecule has 0 spiro atoms. The lowest BCUT2D eigenvalue weighted by molar-refractivity contribution is 0.851. The Bertz CT molecular complexity index is 1290. The van der Waals surface area contributed by atoms with E-state index in [2.05, 4.69) is 136 Å². The highest BCUT2D eigenvalue weighted by atomic mass is 28.3. The van der Waals surface area contributed by atoms with E-state index in [9.17, 15) is 0 Å². The van der Waals surface area contributed by atoms with E-state index in [0.717, 1.165) is 0 Å². The largest absolute Gasteiger partial charge is 0.176 e. The maximum absolute atomic E-state index is 2.55. The number of hydrogen-bond donors (Lipinski definition) is 0. The number of aryl methyl sites for hydroxylation is 4. The molecule has 0 saturated carbocycles. The minimum Gasteiger partial charge on any atom is -0.0656 e. The first-order valence-corrected chi connectivity index (χ1v) is 18.9. The molecule has 0 radical (unpaired) electrons. The topological polar surface area (TPSA) is 0 Å². The summed E-state index contributed by atoms with van der Waals surface area (Å²) in [6.07, 6.45) is 0. The van der Waals surface area contributed by atoms with Crippen molar-refractivity contribution < 1.29 is 0 Å². The standard InChI is InChI=1S/C34H44Si2/c1-22-16-23(2)19-32(18-22)36(33-20-24(3)17-25(4)21-33,34-28(7)26(5)27(6)29(34)8)31-14-12-30(13-15-31)35(9,10)11/h12-21,28H,1-11H3. The fourth-order valence-electron chi connectivity index (χ4n) is 6.54. The fraction of sp³-hybridized carbons (Fsp3) is 0.353. The lowest BCUT2D eigenvalue weighted by Crippen LogP contribution is -2.70. The first-order valence-electron chi connectivity index (χ1n) is 13.4. The van der Waals surface area contributed by atoms with Gasteiger partial charge in [0.05, 0.1) is 8.07 Å². The van der Waals surface area contributed by atoms with Gasteiger partial charge >= 0.3 is 0 Å². The predicted molar refractivity (Wildman–Crippen MR) is 166 cm³/mol. The molecular weight excluding hydrogens is 465 g/mol. The van der Waals surface area contributed by atoms with Crippen molar-refractivity contribution in [2.45, 2.75) is 75.0 Å². The second kappa shape index (κ2) is 9.46. The van der Waals surface area contributed by atoms with E-state index in [1.165, 1.54) is 59.7 Å². The maximum Gasteiger partial charge on any atom is 0.176 e. The van der Waals surface area contributed by atoms with Gasteiger partial charge in [-0.2, -0.15) is 0 Å². The van der Waals surface area contributed by atoms with E-state index in [1.807, 2.05) is 0 Å². The zero-order valence-electron chi connectivity index (χ0n) is 24.4. The van der Waals surface area contributed by atoms with Gasteiger partial charge in [-0.1, -0.05) is 131 Å². The fourth-order valence-corrected chi connectivity index (χ4v) is 13.7. The maximum atomic E-state index is 2.51. The Morgan fingerprint density at radius 3 is 1.22 bits per heavy atom. The van der Waals surface area contributed by atoms with E-state index < -0.39 is 16.1 Å². The quantitative estimate of drug-likeness (QED) is 0.263. The number of benzene rings is 3. The molecule has 0 nitrogen and oxygen atoms in total. The Hall–Kier alpha value is -2.43. The van der Waals surface area contributed by atoms with Crippen LogP contribution in [0.3, 0.4) is 0 Å². The van der Waals surface area contributed by atoms with Crippen LogP contribution in [0.5, 0.6) is 0 Å². The molecule has 4 rings (SSSR count). The molecule has 1 aliphatic rings. The predicted octanol–water partition coefficient (Wildman–Crippen LogP) is 6.78. The average molecular weight is 509 g/mol. The monoisotopic (exact) mass is 508 g/mol. The molecule has 1 aliphatic carbocycles. The Morgan fingerprint density at radius 1 is 0.500 bits per heavy atom. The molecule has 0 heterocycles. The molecule has 1 atom stereocenters. The second-order valence-electron chi connectivity index (χ2n) is 12.4. The van der Waals surface area contributed by atoms with Gasteiger partial charge in [0.2, 0.25) is 0 Å². The molecule has 1 unspecified atom stereocenters. The molecule has 188 valence electrons. The summed E-state index contributed by atoms with van der Waals surface area (Å²) in [5.41, 5.74) is 9.96. The third-order valence-electron chi connectivity index (χ3n) is 8.54. The molecular formula is C34H44Si2. The molecule has 0 fully saturated rings. The molecule has 36 heavy (non-hydrogen) atoms. The van der Waals surface area contributed by atoms with Crippen LogP contribution in [0.25, 0.3) is 0 Å². The van der Waals surface area contributed by atoms with Crippen LogP contribution in [-0.2, 0) is 0 Å². The molecule has 2 heteroatoms. The van der Waals surface area contributed by atoms with Gasteiger partial charge in [-0.3, -0.25) is 0 Å². The van der Waals surface area contributed by atoms with Gasteiger partial charge in [0.1, 0.15) is 0 Å². The molecule has 3 aromatic rings. The average Bonchev–Trinajstić information content (AvgIpc) is 2.96. The van der Waals surface area contributed by atoms with E-state index >= 15 is 0 Å². The zero-order valence-corrected chi connectivity index (χ0v) is 26.4. The van der Waals surface area contributed by atoms with Gasteiger partial charge in [0.25, 0.3) is 0 Å². The SMILES string of the molecule is CC1=C(C)C(C)C([Si](c2ccc([Si](C)(C)C)cc2)(c2cc(C)cc(C)c2)c2cc(C)cc(C)c2)=C1C. The van der Waals surface area contributed by atoms with Crippen LogP contribution in [-0.4, -0.2) is 16.1 Å². The number of allylic oxidation sites excluding steroid dienone is 4. The summed E-state index contributed by atoms with van der Waals surface area (Å²) in [5.74, 6) is 0.440. The third-order valence-corrected chi connectivity index (χ3v) is 15.7. The van der Waals surface area contributed by atoms with Crippen LogP contribution in [0.1, 0.15) is 49.9 Å². The lowest BCUT2D eigenvalue weighted by atomic mass is 10.1. The van der Waals surface area contributed by atoms with Crippen LogP contribution in [0.4, 0.5) is 0 Å². The van der Waals surface area contributed by atoms with Gasteiger partial charge in [0, 0.05) is 0 Å². The molecule has 0 bridgehead atoms. The molecule has 0 aromatic heterocycles. The summed E-state index contributed by atoms with van der Waals surface area (Å²) in [7, 11) is -3.95. The normalized spacial score (nSPS) is 16.8. The highest BCUT2D eigenvalue weighted by molar-refractivity contribution is 7.16. The van der Waals surface area contributed by atoms with Crippen molar-refractivity contribution in [2.24, 2.45) is 5.92 Å². The minimum absolute atomic E-state index is 0.440. The van der Waals surface area contributed by atoms with Gasteiger partial charge in [0.15, 0.2) is 8.07 Å². The minimum atomic E-state index is -2.55. The molecule has 0 aliphatic heterocycles. The van der Waals surface area contributed by atoms with Crippen molar-refractivity contribution in [3.63, 3.8) is 0 Å².